The van der Waals surface area contributed by atoms with Gasteiger partial charge >= 0.3 is 0 Å². The summed E-state index contributed by atoms with van der Waals surface area (Å²) in [6.07, 6.45) is 7.38. The molecule has 0 aromatic carbocycles. The zero-order valence-corrected chi connectivity index (χ0v) is 11.0. The highest BCUT2D eigenvalue weighted by molar-refractivity contribution is 6.71. The zero-order valence-electron chi connectivity index (χ0n) is 10.0. The Labute approximate surface area is 89.8 Å². The summed E-state index contributed by atoms with van der Waals surface area (Å²) >= 11 is 0. The SMILES string of the molecule is CO[Si](C)(C)CCCCCCCCO. The number of hydrogen-bond donors (Lipinski definition) is 1. The van der Waals surface area contributed by atoms with Crippen LogP contribution < -0.4 is 0 Å². The second-order valence-electron chi connectivity index (χ2n) is 4.56. The third-order valence-electron chi connectivity index (χ3n) is 2.74. The van der Waals surface area contributed by atoms with Gasteiger partial charge in [-0.05, 0) is 25.6 Å². The molecule has 0 aliphatic heterocycles. The number of unbranched alkanes of at least 4 members (excludes halogenated alkanes) is 5. The summed E-state index contributed by atoms with van der Waals surface area (Å²) in [7, 11) is 0.548. The summed E-state index contributed by atoms with van der Waals surface area (Å²) in [6.45, 7) is 4.90. The Bertz CT molecular complexity index is 126. The average Bonchev–Trinajstić information content (AvgIpc) is 2.16. The predicted octanol–water partition coefficient (Wildman–Crippen LogP) is 3.17. The van der Waals surface area contributed by atoms with Gasteiger partial charge in [-0.3, -0.25) is 0 Å². The second kappa shape index (κ2) is 8.45. The molecular weight excluding hydrogens is 192 g/mol. The summed E-state index contributed by atoms with van der Waals surface area (Å²) in [5, 5.41) is 8.60. The lowest BCUT2D eigenvalue weighted by molar-refractivity contribution is 0.282. The Morgan fingerprint density at radius 3 is 1.93 bits per heavy atom. The van der Waals surface area contributed by atoms with E-state index in [1.165, 1.54) is 38.1 Å². The van der Waals surface area contributed by atoms with Gasteiger partial charge in [-0.1, -0.05) is 32.1 Å². The van der Waals surface area contributed by atoms with Gasteiger partial charge < -0.3 is 9.53 Å². The molecule has 0 fully saturated rings. The highest BCUT2D eigenvalue weighted by atomic mass is 28.4. The Morgan fingerprint density at radius 1 is 0.929 bits per heavy atom. The van der Waals surface area contributed by atoms with Crippen LogP contribution in [0.25, 0.3) is 0 Å². The first kappa shape index (κ1) is 14.1. The van der Waals surface area contributed by atoms with E-state index in [2.05, 4.69) is 13.1 Å². The zero-order chi connectivity index (χ0) is 10.9. The number of hydrogen-bond acceptors (Lipinski definition) is 2. The van der Waals surface area contributed by atoms with E-state index in [-0.39, 0.29) is 0 Å². The van der Waals surface area contributed by atoms with E-state index in [1.54, 1.807) is 0 Å². The molecule has 0 saturated heterocycles. The molecule has 0 saturated carbocycles. The summed E-state index contributed by atoms with van der Waals surface area (Å²) < 4.78 is 5.49. The smallest absolute Gasteiger partial charge is 0.186 e. The van der Waals surface area contributed by atoms with Gasteiger partial charge in [0.05, 0.1) is 0 Å². The van der Waals surface area contributed by atoms with Crippen molar-refractivity contribution in [2.24, 2.45) is 0 Å². The summed E-state index contributed by atoms with van der Waals surface area (Å²) in [6, 6.07) is 1.28. The molecule has 0 atom stereocenters. The quantitative estimate of drug-likeness (QED) is 0.476. The van der Waals surface area contributed by atoms with Crippen LogP contribution >= 0.6 is 0 Å². The van der Waals surface area contributed by atoms with Crippen molar-refractivity contribution in [2.75, 3.05) is 13.7 Å². The highest BCUT2D eigenvalue weighted by Crippen LogP contribution is 2.16. The fraction of sp³-hybridized carbons (Fsp3) is 1.00. The molecule has 86 valence electrons. The van der Waals surface area contributed by atoms with Gasteiger partial charge in [0.1, 0.15) is 0 Å². The maximum absolute atomic E-state index is 8.60. The topological polar surface area (TPSA) is 29.5 Å². The van der Waals surface area contributed by atoms with Crippen LogP contribution in [-0.4, -0.2) is 27.1 Å². The van der Waals surface area contributed by atoms with Crippen LogP contribution in [0.3, 0.4) is 0 Å². The molecule has 0 amide bonds. The maximum atomic E-state index is 8.60. The number of aliphatic hydroxyl groups is 1. The fourth-order valence-corrected chi connectivity index (χ4v) is 2.78. The van der Waals surface area contributed by atoms with E-state index in [1.807, 2.05) is 7.11 Å². The van der Waals surface area contributed by atoms with Crippen molar-refractivity contribution >= 4 is 8.32 Å². The average molecular weight is 218 g/mol. The summed E-state index contributed by atoms with van der Waals surface area (Å²) in [4.78, 5) is 0. The standard InChI is InChI=1S/C11H26O2Si/c1-13-14(2,3)11-9-7-5-4-6-8-10-12/h12H,4-11H2,1-3H3. The molecule has 1 N–H and O–H groups in total. The molecular formula is C11H26O2Si. The highest BCUT2D eigenvalue weighted by Gasteiger charge is 2.18. The first-order valence-electron chi connectivity index (χ1n) is 5.78. The van der Waals surface area contributed by atoms with Crippen molar-refractivity contribution in [3.05, 3.63) is 0 Å². The molecule has 0 aromatic heterocycles. The maximum Gasteiger partial charge on any atom is 0.186 e. The van der Waals surface area contributed by atoms with Gasteiger partial charge in [-0.25, -0.2) is 0 Å². The minimum Gasteiger partial charge on any atom is -0.420 e. The molecule has 0 bridgehead atoms. The van der Waals surface area contributed by atoms with Crippen LogP contribution in [0, 0.1) is 0 Å². The minimum atomic E-state index is -1.29. The van der Waals surface area contributed by atoms with Gasteiger partial charge in [-0.2, -0.15) is 0 Å². The van der Waals surface area contributed by atoms with Gasteiger partial charge in [0.25, 0.3) is 0 Å². The van der Waals surface area contributed by atoms with Crippen molar-refractivity contribution in [3.63, 3.8) is 0 Å². The Balaban J connectivity index is 3.13. The lowest BCUT2D eigenvalue weighted by atomic mass is 10.1. The lowest BCUT2D eigenvalue weighted by Gasteiger charge is -2.19. The largest absolute Gasteiger partial charge is 0.420 e. The third-order valence-corrected chi connectivity index (χ3v) is 5.40. The van der Waals surface area contributed by atoms with Crippen LogP contribution in [0.15, 0.2) is 0 Å². The van der Waals surface area contributed by atoms with E-state index in [0.717, 1.165) is 6.42 Å². The number of rotatable bonds is 9. The minimum absolute atomic E-state index is 0.351. The van der Waals surface area contributed by atoms with Gasteiger partial charge in [-0.15, -0.1) is 0 Å². The van der Waals surface area contributed by atoms with Crippen LogP contribution in [0.2, 0.25) is 19.1 Å². The van der Waals surface area contributed by atoms with Crippen LogP contribution in [0.1, 0.15) is 38.5 Å². The van der Waals surface area contributed by atoms with E-state index in [4.69, 9.17) is 9.53 Å². The van der Waals surface area contributed by atoms with Crippen molar-refractivity contribution in [1.29, 1.82) is 0 Å². The fourth-order valence-electron chi connectivity index (χ4n) is 1.47. The lowest BCUT2D eigenvalue weighted by Crippen LogP contribution is -2.27. The van der Waals surface area contributed by atoms with Crippen LogP contribution in [-0.2, 0) is 4.43 Å². The van der Waals surface area contributed by atoms with Gasteiger partial charge in [0.15, 0.2) is 8.32 Å². The summed E-state index contributed by atoms with van der Waals surface area (Å²) in [5.74, 6) is 0. The van der Waals surface area contributed by atoms with Gasteiger partial charge in [0, 0.05) is 13.7 Å². The summed E-state index contributed by atoms with van der Waals surface area (Å²) in [5.41, 5.74) is 0. The molecule has 0 unspecified atom stereocenters. The van der Waals surface area contributed by atoms with E-state index < -0.39 is 8.32 Å². The first-order valence-corrected chi connectivity index (χ1v) is 8.90. The normalized spacial score (nSPS) is 12.0. The molecule has 0 aliphatic rings. The molecule has 0 rings (SSSR count). The molecule has 0 aromatic rings. The van der Waals surface area contributed by atoms with Crippen molar-refractivity contribution in [3.8, 4) is 0 Å². The molecule has 0 radical (unpaired) electrons. The molecule has 14 heavy (non-hydrogen) atoms. The molecule has 0 heterocycles. The van der Waals surface area contributed by atoms with E-state index >= 15 is 0 Å². The van der Waals surface area contributed by atoms with Crippen molar-refractivity contribution < 1.29 is 9.53 Å². The van der Waals surface area contributed by atoms with Crippen molar-refractivity contribution in [2.45, 2.75) is 57.7 Å². The van der Waals surface area contributed by atoms with Crippen molar-refractivity contribution in [1.82, 2.24) is 0 Å². The molecule has 3 heteroatoms. The number of aliphatic hydroxyl groups excluding tert-OH is 1. The van der Waals surface area contributed by atoms with E-state index in [9.17, 15) is 0 Å². The second-order valence-corrected chi connectivity index (χ2v) is 8.99. The molecule has 0 spiro atoms. The van der Waals surface area contributed by atoms with Crippen LogP contribution in [0.4, 0.5) is 0 Å². The van der Waals surface area contributed by atoms with Gasteiger partial charge in [0.2, 0.25) is 0 Å². The Hall–Kier alpha value is 0.137. The Morgan fingerprint density at radius 2 is 1.43 bits per heavy atom. The Kier molecular flexibility index (Phi) is 8.53. The predicted molar refractivity (Wildman–Crippen MR) is 64.1 cm³/mol. The monoisotopic (exact) mass is 218 g/mol. The molecule has 0 aliphatic carbocycles. The first-order chi connectivity index (χ1) is 6.62. The van der Waals surface area contributed by atoms with Crippen LogP contribution in [0.5, 0.6) is 0 Å². The third kappa shape index (κ3) is 8.72. The molecule has 2 nitrogen and oxygen atoms in total. The van der Waals surface area contributed by atoms with E-state index in [0.29, 0.717) is 6.61 Å².